The number of anilines is 1. The second-order valence-corrected chi connectivity index (χ2v) is 9.56. The van der Waals surface area contributed by atoms with Crippen LogP contribution in [0.1, 0.15) is 29.5 Å². The Morgan fingerprint density at radius 2 is 1.51 bits per heavy atom. The molecule has 4 rings (SSSR count). The van der Waals surface area contributed by atoms with E-state index in [2.05, 4.69) is 52.3 Å². The van der Waals surface area contributed by atoms with E-state index in [-0.39, 0.29) is 6.61 Å². The number of benzene rings is 3. The van der Waals surface area contributed by atoms with Crippen molar-refractivity contribution >= 4 is 11.7 Å². The fourth-order valence-corrected chi connectivity index (χ4v) is 4.71. The highest BCUT2D eigenvalue weighted by Crippen LogP contribution is 2.20. The molecule has 0 bridgehead atoms. The van der Waals surface area contributed by atoms with E-state index in [9.17, 15) is 4.79 Å². The number of carbonyl (C=O) groups is 1. The first-order chi connectivity index (χ1) is 18.1. The third-order valence-corrected chi connectivity index (χ3v) is 6.69. The topological polar surface area (TPSA) is 82.3 Å². The Morgan fingerprint density at radius 3 is 2.19 bits per heavy atom. The lowest BCUT2D eigenvalue weighted by atomic mass is 10.1. The first-order valence-corrected chi connectivity index (χ1v) is 13.1. The zero-order valence-corrected chi connectivity index (χ0v) is 21.5. The van der Waals surface area contributed by atoms with Crippen LogP contribution in [-0.2, 0) is 19.7 Å². The molecule has 37 heavy (non-hydrogen) atoms. The number of aliphatic hydroxyl groups excluding tert-OH is 1. The van der Waals surface area contributed by atoms with Crippen molar-refractivity contribution in [3.05, 3.63) is 95.6 Å². The summed E-state index contributed by atoms with van der Waals surface area (Å²) in [5.74, 6) is 0.892. The zero-order chi connectivity index (χ0) is 25.9. The molecule has 1 aliphatic heterocycles. The van der Waals surface area contributed by atoms with Crippen molar-refractivity contribution in [3.63, 3.8) is 0 Å². The van der Waals surface area contributed by atoms with Crippen molar-refractivity contribution in [2.45, 2.75) is 32.5 Å². The van der Waals surface area contributed by atoms with Gasteiger partial charge in [0.1, 0.15) is 12.4 Å². The summed E-state index contributed by atoms with van der Waals surface area (Å²) in [4.78, 5) is 18.4. The number of nitrogens with two attached hydrogens (primary N) is 1. The van der Waals surface area contributed by atoms with E-state index < -0.39 is 6.03 Å². The molecular formula is C30H38N4O3. The molecule has 196 valence electrons. The Kier molecular flexibility index (Phi) is 9.94. The van der Waals surface area contributed by atoms with Gasteiger partial charge in [0.2, 0.25) is 0 Å². The Morgan fingerprint density at radius 1 is 0.838 bits per heavy atom. The standard InChI is InChI=1S/C30H38N4O3/c31-30(36)34(17-6-20-35)28-10-4-9-27(21-28)23-33-16-5-15-32(18-19-33)22-25-11-13-29(14-12-25)37-24-26-7-2-1-3-8-26/h1-4,7-14,21,35H,5-6,15-20,22-24H2,(H2,31,36). The molecule has 0 unspecified atom stereocenters. The lowest BCUT2D eigenvalue weighted by molar-refractivity contribution is 0.247. The molecule has 2 amide bonds. The van der Waals surface area contributed by atoms with Crippen molar-refractivity contribution in [1.29, 1.82) is 0 Å². The number of amides is 2. The molecule has 1 fully saturated rings. The van der Waals surface area contributed by atoms with E-state index >= 15 is 0 Å². The second kappa shape index (κ2) is 13.8. The number of carbonyl (C=O) groups excluding carboxylic acids is 1. The van der Waals surface area contributed by atoms with Crippen molar-refractivity contribution in [3.8, 4) is 5.75 Å². The van der Waals surface area contributed by atoms with Crippen LogP contribution in [0.4, 0.5) is 10.5 Å². The summed E-state index contributed by atoms with van der Waals surface area (Å²) in [5.41, 5.74) is 9.98. The van der Waals surface area contributed by atoms with Crippen LogP contribution >= 0.6 is 0 Å². The number of aliphatic hydroxyl groups is 1. The van der Waals surface area contributed by atoms with Gasteiger partial charge in [-0.25, -0.2) is 4.79 Å². The summed E-state index contributed by atoms with van der Waals surface area (Å²) >= 11 is 0. The van der Waals surface area contributed by atoms with Gasteiger partial charge in [-0.1, -0.05) is 54.6 Å². The minimum atomic E-state index is -0.494. The maximum atomic E-state index is 11.9. The normalized spacial score (nSPS) is 14.7. The number of urea groups is 1. The molecule has 1 heterocycles. The van der Waals surface area contributed by atoms with Gasteiger partial charge in [-0.2, -0.15) is 0 Å². The number of primary amides is 1. The summed E-state index contributed by atoms with van der Waals surface area (Å²) in [5, 5.41) is 9.13. The van der Waals surface area contributed by atoms with Crippen LogP contribution in [0.25, 0.3) is 0 Å². The first kappa shape index (κ1) is 26.7. The van der Waals surface area contributed by atoms with Crippen LogP contribution in [0.5, 0.6) is 5.75 Å². The monoisotopic (exact) mass is 502 g/mol. The highest BCUT2D eigenvalue weighted by Gasteiger charge is 2.17. The number of hydrogen-bond acceptors (Lipinski definition) is 5. The van der Waals surface area contributed by atoms with E-state index in [1.54, 1.807) is 0 Å². The molecule has 3 N–H and O–H groups in total. The maximum Gasteiger partial charge on any atom is 0.319 e. The van der Waals surface area contributed by atoms with Crippen LogP contribution in [0, 0.1) is 0 Å². The van der Waals surface area contributed by atoms with E-state index in [1.807, 2.05) is 36.4 Å². The van der Waals surface area contributed by atoms with Crippen LogP contribution in [0.15, 0.2) is 78.9 Å². The Labute approximate surface area is 220 Å². The average molecular weight is 503 g/mol. The quantitative estimate of drug-likeness (QED) is 0.410. The van der Waals surface area contributed by atoms with Gasteiger partial charge in [-0.15, -0.1) is 0 Å². The third kappa shape index (κ3) is 8.32. The lowest BCUT2D eigenvalue weighted by Crippen LogP contribution is -2.37. The SMILES string of the molecule is NC(=O)N(CCCO)c1cccc(CN2CCCN(Cc3ccc(OCc4ccccc4)cc3)CC2)c1. The molecule has 7 nitrogen and oxygen atoms in total. The van der Waals surface area contributed by atoms with Gasteiger partial charge < -0.3 is 15.6 Å². The molecule has 0 aliphatic carbocycles. The summed E-state index contributed by atoms with van der Waals surface area (Å²) in [7, 11) is 0. The van der Waals surface area contributed by atoms with E-state index in [0.29, 0.717) is 19.6 Å². The molecule has 0 radical (unpaired) electrons. The molecule has 1 saturated heterocycles. The van der Waals surface area contributed by atoms with Gasteiger partial charge in [0.05, 0.1) is 0 Å². The summed E-state index contributed by atoms with van der Waals surface area (Å²) in [6.45, 7) is 6.89. The molecule has 3 aromatic carbocycles. The largest absolute Gasteiger partial charge is 0.489 e. The fourth-order valence-electron chi connectivity index (χ4n) is 4.71. The average Bonchev–Trinajstić information content (AvgIpc) is 3.14. The molecule has 1 aliphatic rings. The van der Waals surface area contributed by atoms with Crippen LogP contribution in [-0.4, -0.2) is 60.3 Å². The number of hydrogen-bond donors (Lipinski definition) is 2. The fraction of sp³-hybridized carbons (Fsp3) is 0.367. The van der Waals surface area contributed by atoms with Crippen molar-refractivity contribution in [2.75, 3.05) is 44.2 Å². The van der Waals surface area contributed by atoms with E-state index in [1.165, 1.54) is 16.0 Å². The van der Waals surface area contributed by atoms with Crippen molar-refractivity contribution in [1.82, 2.24) is 9.80 Å². The molecular weight excluding hydrogens is 464 g/mol. The molecule has 3 aromatic rings. The Bertz CT molecular complexity index is 1110. The van der Waals surface area contributed by atoms with Crippen LogP contribution in [0.2, 0.25) is 0 Å². The third-order valence-electron chi connectivity index (χ3n) is 6.69. The predicted octanol–water partition coefficient (Wildman–Crippen LogP) is 4.24. The Hall–Kier alpha value is -3.39. The zero-order valence-electron chi connectivity index (χ0n) is 21.5. The van der Waals surface area contributed by atoms with Crippen molar-refractivity contribution < 1.29 is 14.6 Å². The molecule has 0 spiro atoms. The van der Waals surface area contributed by atoms with Crippen molar-refractivity contribution in [2.24, 2.45) is 5.73 Å². The van der Waals surface area contributed by atoms with E-state index in [4.69, 9.17) is 15.6 Å². The van der Waals surface area contributed by atoms with Crippen LogP contribution in [0.3, 0.4) is 0 Å². The summed E-state index contributed by atoms with van der Waals surface area (Å²) < 4.78 is 5.92. The highest BCUT2D eigenvalue weighted by molar-refractivity contribution is 5.90. The van der Waals surface area contributed by atoms with Gasteiger partial charge in [-0.05, 0) is 66.9 Å². The van der Waals surface area contributed by atoms with Gasteiger partial charge >= 0.3 is 6.03 Å². The lowest BCUT2D eigenvalue weighted by Gasteiger charge is -2.24. The van der Waals surface area contributed by atoms with Crippen LogP contribution < -0.4 is 15.4 Å². The number of ether oxygens (including phenoxy) is 1. The minimum Gasteiger partial charge on any atom is -0.489 e. The number of nitrogens with zero attached hydrogens (tertiary/aromatic N) is 3. The number of rotatable bonds is 11. The first-order valence-electron chi connectivity index (χ1n) is 13.1. The van der Waals surface area contributed by atoms with Gasteiger partial charge in [-0.3, -0.25) is 14.7 Å². The summed E-state index contributed by atoms with van der Waals surface area (Å²) in [6, 6.07) is 26.2. The van der Waals surface area contributed by atoms with E-state index in [0.717, 1.165) is 62.7 Å². The minimum absolute atomic E-state index is 0.0277. The highest BCUT2D eigenvalue weighted by atomic mass is 16.5. The molecule has 0 aromatic heterocycles. The van der Waals surface area contributed by atoms with Gasteiger partial charge in [0.25, 0.3) is 0 Å². The van der Waals surface area contributed by atoms with Gasteiger partial charge in [0, 0.05) is 45.0 Å². The molecule has 0 saturated carbocycles. The van der Waals surface area contributed by atoms with Gasteiger partial charge in [0.15, 0.2) is 0 Å². The molecule has 7 heteroatoms. The Balaban J connectivity index is 1.26. The predicted molar refractivity (Wildman–Crippen MR) is 147 cm³/mol. The second-order valence-electron chi connectivity index (χ2n) is 9.56. The smallest absolute Gasteiger partial charge is 0.319 e. The maximum absolute atomic E-state index is 11.9. The molecule has 0 atom stereocenters. The summed E-state index contributed by atoms with van der Waals surface area (Å²) in [6.07, 6.45) is 1.61.